The molecule has 1 rings (SSSR count). The van der Waals surface area contributed by atoms with E-state index in [4.69, 9.17) is 5.73 Å². The lowest BCUT2D eigenvalue weighted by molar-refractivity contribution is 0.361. The number of nitrogens with zero attached hydrogens (tertiary/aromatic N) is 1. The topological polar surface area (TPSA) is 63.4 Å². The van der Waals surface area contributed by atoms with E-state index in [1.54, 1.807) is 20.8 Å². The molecule has 0 amide bonds. The first-order chi connectivity index (χ1) is 8.30. The van der Waals surface area contributed by atoms with Gasteiger partial charge in [0, 0.05) is 19.1 Å². The Hall–Kier alpha value is -0.980. The number of nitrogens with two attached hydrogens (primary N) is 1. The Balaban J connectivity index is 3.30. The van der Waals surface area contributed by atoms with E-state index in [2.05, 4.69) is 0 Å². The third-order valence-electron chi connectivity index (χ3n) is 2.66. The Labute approximate surface area is 108 Å². The van der Waals surface area contributed by atoms with Gasteiger partial charge in [-0.1, -0.05) is 6.07 Å². The van der Waals surface area contributed by atoms with E-state index in [9.17, 15) is 12.8 Å². The molecule has 0 unspecified atom stereocenters. The fourth-order valence-corrected chi connectivity index (χ4v) is 3.65. The Morgan fingerprint density at radius 1 is 1.39 bits per heavy atom. The summed E-state index contributed by atoms with van der Waals surface area (Å²) in [5.41, 5.74) is 5.96. The van der Waals surface area contributed by atoms with Gasteiger partial charge in [-0.15, -0.1) is 0 Å². The van der Waals surface area contributed by atoms with E-state index in [1.165, 1.54) is 16.4 Å². The van der Waals surface area contributed by atoms with Crippen LogP contribution in [0, 0.1) is 12.7 Å². The summed E-state index contributed by atoms with van der Waals surface area (Å²) < 4.78 is 39.4. The van der Waals surface area contributed by atoms with E-state index >= 15 is 0 Å². The third-order valence-corrected chi connectivity index (χ3v) is 4.88. The summed E-state index contributed by atoms with van der Waals surface area (Å²) in [6.07, 6.45) is 0. The molecular formula is C12H19FN2O2S. The fraction of sp³-hybridized carbons (Fsp3) is 0.500. The van der Waals surface area contributed by atoms with Crippen LogP contribution in [0.5, 0.6) is 0 Å². The maximum Gasteiger partial charge on any atom is 0.243 e. The van der Waals surface area contributed by atoms with Gasteiger partial charge in [0.2, 0.25) is 10.0 Å². The van der Waals surface area contributed by atoms with Crippen LogP contribution in [0.4, 0.5) is 4.39 Å². The normalized spacial score (nSPS) is 12.4. The van der Waals surface area contributed by atoms with Crippen LogP contribution >= 0.6 is 0 Å². The standard InChI is InChI=1S/C12H19FN2O2S/c1-9(2)15(7-6-14)18(16,17)12-8-11(13)5-4-10(12)3/h4-5,8-9H,6-7,14H2,1-3H3. The van der Waals surface area contributed by atoms with Crippen LogP contribution < -0.4 is 5.73 Å². The van der Waals surface area contributed by atoms with Crippen molar-refractivity contribution in [1.29, 1.82) is 0 Å². The number of hydrogen-bond acceptors (Lipinski definition) is 3. The monoisotopic (exact) mass is 274 g/mol. The van der Waals surface area contributed by atoms with Gasteiger partial charge in [-0.2, -0.15) is 4.31 Å². The molecule has 1 aromatic carbocycles. The predicted molar refractivity (Wildman–Crippen MR) is 69.2 cm³/mol. The third kappa shape index (κ3) is 3.07. The minimum atomic E-state index is -3.70. The first kappa shape index (κ1) is 15.1. The summed E-state index contributed by atoms with van der Waals surface area (Å²) in [6, 6.07) is 3.54. The fourth-order valence-electron chi connectivity index (χ4n) is 1.76. The van der Waals surface area contributed by atoms with Gasteiger partial charge in [0.1, 0.15) is 5.82 Å². The molecule has 0 atom stereocenters. The van der Waals surface area contributed by atoms with Crippen LogP contribution in [0.15, 0.2) is 23.1 Å². The van der Waals surface area contributed by atoms with Crippen molar-refractivity contribution in [2.45, 2.75) is 31.7 Å². The maximum atomic E-state index is 13.2. The molecule has 0 aliphatic carbocycles. The summed E-state index contributed by atoms with van der Waals surface area (Å²) in [7, 11) is -3.70. The van der Waals surface area contributed by atoms with Gasteiger partial charge in [-0.05, 0) is 38.5 Å². The summed E-state index contributed by atoms with van der Waals surface area (Å²) in [4.78, 5) is 0.00431. The predicted octanol–water partition coefficient (Wildman–Crippen LogP) is 1.49. The lowest BCUT2D eigenvalue weighted by Gasteiger charge is -2.26. The van der Waals surface area contributed by atoms with Crippen molar-refractivity contribution >= 4 is 10.0 Å². The molecule has 2 N–H and O–H groups in total. The molecule has 0 aliphatic rings. The van der Waals surface area contributed by atoms with Crippen LogP contribution in [0.3, 0.4) is 0 Å². The van der Waals surface area contributed by atoms with Crippen molar-refractivity contribution in [3.63, 3.8) is 0 Å². The average molecular weight is 274 g/mol. The number of rotatable bonds is 5. The number of sulfonamides is 1. The molecule has 0 radical (unpaired) electrons. The second-order valence-electron chi connectivity index (χ2n) is 4.41. The van der Waals surface area contributed by atoms with Crippen molar-refractivity contribution < 1.29 is 12.8 Å². The smallest absolute Gasteiger partial charge is 0.243 e. The number of halogens is 1. The molecule has 0 saturated carbocycles. The molecule has 0 saturated heterocycles. The van der Waals surface area contributed by atoms with Crippen molar-refractivity contribution in [2.24, 2.45) is 5.73 Å². The highest BCUT2D eigenvalue weighted by Gasteiger charge is 2.27. The first-order valence-corrected chi connectivity index (χ1v) is 7.22. The van der Waals surface area contributed by atoms with Gasteiger partial charge in [0.05, 0.1) is 4.90 Å². The molecular weight excluding hydrogens is 255 g/mol. The second kappa shape index (κ2) is 5.77. The van der Waals surface area contributed by atoms with Gasteiger partial charge in [0.25, 0.3) is 0 Å². The highest BCUT2D eigenvalue weighted by molar-refractivity contribution is 7.89. The minimum Gasteiger partial charge on any atom is -0.329 e. The number of hydrogen-bond donors (Lipinski definition) is 1. The van der Waals surface area contributed by atoms with E-state index in [0.717, 1.165) is 6.07 Å². The first-order valence-electron chi connectivity index (χ1n) is 5.78. The number of benzene rings is 1. The van der Waals surface area contributed by atoms with Crippen molar-refractivity contribution in [3.05, 3.63) is 29.6 Å². The van der Waals surface area contributed by atoms with E-state index in [-0.39, 0.29) is 24.0 Å². The Kier molecular flexibility index (Phi) is 4.84. The molecule has 0 aromatic heterocycles. The van der Waals surface area contributed by atoms with Crippen LogP contribution in [0.25, 0.3) is 0 Å². The summed E-state index contributed by atoms with van der Waals surface area (Å²) in [6.45, 7) is 5.62. The van der Waals surface area contributed by atoms with Gasteiger partial charge in [-0.25, -0.2) is 12.8 Å². The molecule has 18 heavy (non-hydrogen) atoms. The summed E-state index contributed by atoms with van der Waals surface area (Å²) >= 11 is 0. The van der Waals surface area contributed by atoms with Crippen LogP contribution in [0.1, 0.15) is 19.4 Å². The molecule has 1 aromatic rings. The van der Waals surface area contributed by atoms with Crippen LogP contribution in [0.2, 0.25) is 0 Å². The zero-order chi connectivity index (χ0) is 13.9. The molecule has 0 aliphatic heterocycles. The quantitative estimate of drug-likeness (QED) is 0.885. The largest absolute Gasteiger partial charge is 0.329 e. The van der Waals surface area contributed by atoms with Crippen molar-refractivity contribution in [3.8, 4) is 0 Å². The van der Waals surface area contributed by atoms with E-state index in [1.807, 2.05) is 0 Å². The zero-order valence-electron chi connectivity index (χ0n) is 10.9. The molecule has 4 nitrogen and oxygen atoms in total. The lowest BCUT2D eigenvalue weighted by Crippen LogP contribution is -2.40. The number of aryl methyl sites for hydroxylation is 1. The summed E-state index contributed by atoms with van der Waals surface area (Å²) in [5, 5.41) is 0. The van der Waals surface area contributed by atoms with Gasteiger partial charge in [0.15, 0.2) is 0 Å². The minimum absolute atomic E-state index is 0.00431. The van der Waals surface area contributed by atoms with Crippen LogP contribution in [-0.4, -0.2) is 31.9 Å². The second-order valence-corrected chi connectivity index (χ2v) is 6.27. The lowest BCUT2D eigenvalue weighted by atomic mass is 10.2. The van der Waals surface area contributed by atoms with Crippen LogP contribution in [-0.2, 0) is 10.0 Å². The molecule has 0 heterocycles. The Bertz CT molecular complexity index is 515. The Morgan fingerprint density at radius 2 is 2.00 bits per heavy atom. The van der Waals surface area contributed by atoms with Crippen molar-refractivity contribution in [1.82, 2.24) is 4.31 Å². The molecule has 0 fully saturated rings. The molecule has 6 heteroatoms. The molecule has 0 bridgehead atoms. The Morgan fingerprint density at radius 3 is 2.50 bits per heavy atom. The molecule has 0 spiro atoms. The van der Waals surface area contributed by atoms with E-state index < -0.39 is 15.8 Å². The maximum absolute atomic E-state index is 13.2. The highest BCUT2D eigenvalue weighted by atomic mass is 32.2. The highest BCUT2D eigenvalue weighted by Crippen LogP contribution is 2.22. The van der Waals surface area contributed by atoms with E-state index in [0.29, 0.717) is 5.56 Å². The average Bonchev–Trinajstić information content (AvgIpc) is 2.28. The summed E-state index contributed by atoms with van der Waals surface area (Å²) in [5.74, 6) is -0.560. The van der Waals surface area contributed by atoms with Gasteiger partial charge >= 0.3 is 0 Å². The van der Waals surface area contributed by atoms with Gasteiger partial charge in [-0.3, -0.25) is 0 Å². The van der Waals surface area contributed by atoms with Gasteiger partial charge < -0.3 is 5.73 Å². The molecule has 102 valence electrons. The SMILES string of the molecule is Cc1ccc(F)cc1S(=O)(=O)N(CCN)C(C)C. The zero-order valence-corrected chi connectivity index (χ0v) is 11.7. The van der Waals surface area contributed by atoms with Crippen molar-refractivity contribution in [2.75, 3.05) is 13.1 Å².